The standard InChI is InChI=1S/C17H23N3O3S/c1-19(11-12-21)24(22,23)16-13-20(15-9-5-6-10-15)18-17(16)14-7-3-2-4-8-14/h2-4,7-8,13,15,21H,5-6,9-12H2,1H3. The lowest BCUT2D eigenvalue weighted by Crippen LogP contribution is -2.29. The Hall–Kier alpha value is -1.70. The highest BCUT2D eigenvalue weighted by Crippen LogP contribution is 2.34. The van der Waals surface area contributed by atoms with Crippen molar-refractivity contribution in [1.82, 2.24) is 14.1 Å². The van der Waals surface area contributed by atoms with Crippen LogP contribution in [-0.4, -0.2) is 47.8 Å². The Balaban J connectivity index is 2.09. The summed E-state index contributed by atoms with van der Waals surface area (Å²) in [6.45, 7) is -0.154. The second-order valence-electron chi connectivity index (χ2n) is 6.18. The van der Waals surface area contributed by atoms with Gasteiger partial charge in [-0.05, 0) is 12.8 Å². The summed E-state index contributed by atoms with van der Waals surface area (Å²) in [5.74, 6) is 0. The summed E-state index contributed by atoms with van der Waals surface area (Å²) >= 11 is 0. The topological polar surface area (TPSA) is 75.4 Å². The lowest BCUT2D eigenvalue weighted by molar-refractivity contribution is 0.266. The van der Waals surface area contributed by atoms with E-state index < -0.39 is 10.0 Å². The molecule has 1 aromatic carbocycles. The molecule has 1 heterocycles. The third-order valence-electron chi connectivity index (χ3n) is 4.55. The maximum atomic E-state index is 12.9. The van der Waals surface area contributed by atoms with Crippen LogP contribution >= 0.6 is 0 Å². The van der Waals surface area contributed by atoms with Gasteiger partial charge in [-0.2, -0.15) is 9.40 Å². The number of hydrogen-bond acceptors (Lipinski definition) is 4. The minimum Gasteiger partial charge on any atom is -0.395 e. The first-order valence-corrected chi connectivity index (χ1v) is 9.70. The molecule has 3 rings (SSSR count). The van der Waals surface area contributed by atoms with Gasteiger partial charge >= 0.3 is 0 Å². The first-order chi connectivity index (χ1) is 11.5. The minimum atomic E-state index is -3.70. The summed E-state index contributed by atoms with van der Waals surface area (Å²) in [7, 11) is -2.22. The Morgan fingerprint density at radius 2 is 1.92 bits per heavy atom. The van der Waals surface area contributed by atoms with Gasteiger partial charge in [-0.25, -0.2) is 8.42 Å². The van der Waals surface area contributed by atoms with Crippen LogP contribution in [0.3, 0.4) is 0 Å². The number of aliphatic hydroxyl groups is 1. The van der Waals surface area contributed by atoms with Gasteiger partial charge in [0.05, 0.1) is 12.6 Å². The summed E-state index contributed by atoms with van der Waals surface area (Å²) < 4.78 is 28.8. The number of rotatable bonds is 6. The summed E-state index contributed by atoms with van der Waals surface area (Å²) in [6.07, 6.45) is 6.01. The molecule has 1 fully saturated rings. The first-order valence-electron chi connectivity index (χ1n) is 8.26. The summed E-state index contributed by atoms with van der Waals surface area (Å²) in [5, 5.41) is 13.7. The maximum Gasteiger partial charge on any atom is 0.246 e. The predicted octanol–water partition coefficient (Wildman–Crippen LogP) is 2.28. The van der Waals surface area contributed by atoms with Crippen molar-refractivity contribution in [2.75, 3.05) is 20.2 Å². The first kappa shape index (κ1) is 17.1. The second-order valence-corrected chi connectivity index (χ2v) is 8.19. The largest absolute Gasteiger partial charge is 0.395 e. The summed E-state index contributed by atoms with van der Waals surface area (Å²) in [4.78, 5) is 0.205. The normalized spacial score (nSPS) is 16.1. The van der Waals surface area contributed by atoms with Gasteiger partial charge < -0.3 is 5.11 Å². The molecular formula is C17H23N3O3S. The van der Waals surface area contributed by atoms with Crippen molar-refractivity contribution in [1.29, 1.82) is 0 Å². The van der Waals surface area contributed by atoms with Gasteiger partial charge in [0.15, 0.2) is 0 Å². The fourth-order valence-corrected chi connectivity index (χ4v) is 4.45. The van der Waals surface area contributed by atoms with Crippen molar-refractivity contribution in [2.24, 2.45) is 0 Å². The highest BCUT2D eigenvalue weighted by atomic mass is 32.2. The van der Waals surface area contributed by atoms with Crippen LogP contribution in [0.15, 0.2) is 41.4 Å². The highest BCUT2D eigenvalue weighted by Gasteiger charge is 2.29. The monoisotopic (exact) mass is 349 g/mol. The molecule has 1 aromatic heterocycles. The zero-order valence-corrected chi connectivity index (χ0v) is 14.6. The van der Waals surface area contributed by atoms with Crippen LogP contribution in [0.2, 0.25) is 0 Å². The molecule has 1 aliphatic carbocycles. The average molecular weight is 349 g/mol. The summed E-state index contributed by atoms with van der Waals surface area (Å²) in [5.41, 5.74) is 1.26. The molecule has 0 bridgehead atoms. The van der Waals surface area contributed by atoms with E-state index in [1.54, 1.807) is 6.20 Å². The molecule has 0 spiro atoms. The van der Waals surface area contributed by atoms with E-state index in [2.05, 4.69) is 5.10 Å². The minimum absolute atomic E-state index is 0.0607. The molecule has 24 heavy (non-hydrogen) atoms. The molecule has 1 saturated carbocycles. The molecule has 1 aliphatic rings. The zero-order valence-electron chi connectivity index (χ0n) is 13.8. The number of sulfonamides is 1. The Bertz CT molecular complexity index is 781. The Morgan fingerprint density at radius 1 is 1.25 bits per heavy atom. The molecule has 130 valence electrons. The molecule has 0 unspecified atom stereocenters. The van der Waals surface area contributed by atoms with Gasteiger partial charge in [0.2, 0.25) is 10.0 Å². The van der Waals surface area contributed by atoms with Crippen molar-refractivity contribution < 1.29 is 13.5 Å². The average Bonchev–Trinajstić information content (AvgIpc) is 3.25. The van der Waals surface area contributed by atoms with Gasteiger partial charge in [-0.3, -0.25) is 4.68 Å². The van der Waals surface area contributed by atoms with Crippen LogP contribution < -0.4 is 0 Å². The van der Waals surface area contributed by atoms with Gasteiger partial charge in [0, 0.05) is 25.4 Å². The number of likely N-dealkylation sites (N-methyl/N-ethyl adjacent to an activating group) is 1. The van der Waals surface area contributed by atoms with E-state index >= 15 is 0 Å². The van der Waals surface area contributed by atoms with Gasteiger partial charge in [-0.1, -0.05) is 43.2 Å². The third kappa shape index (κ3) is 3.24. The van der Waals surface area contributed by atoms with Crippen molar-refractivity contribution in [2.45, 2.75) is 36.6 Å². The second kappa shape index (κ2) is 7.04. The molecule has 7 heteroatoms. The van der Waals surface area contributed by atoms with Crippen LogP contribution in [0.4, 0.5) is 0 Å². The molecule has 6 nitrogen and oxygen atoms in total. The molecule has 0 amide bonds. The SMILES string of the molecule is CN(CCO)S(=O)(=O)c1cn(C2CCCC2)nc1-c1ccccc1. The molecule has 0 atom stereocenters. The Labute approximate surface area is 142 Å². The fraction of sp³-hybridized carbons (Fsp3) is 0.471. The van der Waals surface area contributed by atoms with Crippen molar-refractivity contribution in [3.8, 4) is 11.3 Å². The van der Waals surface area contributed by atoms with Crippen molar-refractivity contribution >= 4 is 10.0 Å². The Morgan fingerprint density at radius 3 is 2.54 bits per heavy atom. The lowest BCUT2D eigenvalue weighted by Gasteiger charge is -2.15. The van der Waals surface area contributed by atoms with Crippen LogP contribution in [0, 0.1) is 0 Å². The van der Waals surface area contributed by atoms with E-state index in [0.29, 0.717) is 5.69 Å². The smallest absolute Gasteiger partial charge is 0.246 e. The van der Waals surface area contributed by atoms with Crippen molar-refractivity contribution in [3.05, 3.63) is 36.5 Å². The van der Waals surface area contributed by atoms with E-state index in [4.69, 9.17) is 5.11 Å². The third-order valence-corrected chi connectivity index (χ3v) is 6.41. The fourth-order valence-electron chi connectivity index (χ4n) is 3.14. The van der Waals surface area contributed by atoms with Crippen LogP contribution in [-0.2, 0) is 10.0 Å². The van der Waals surface area contributed by atoms with Gasteiger partial charge in [-0.15, -0.1) is 0 Å². The molecule has 1 N–H and O–H groups in total. The summed E-state index contributed by atoms with van der Waals surface area (Å²) in [6, 6.07) is 9.64. The van der Waals surface area contributed by atoms with E-state index in [-0.39, 0.29) is 24.1 Å². The highest BCUT2D eigenvalue weighted by molar-refractivity contribution is 7.89. The van der Waals surface area contributed by atoms with Crippen LogP contribution in [0.25, 0.3) is 11.3 Å². The van der Waals surface area contributed by atoms with Crippen LogP contribution in [0.1, 0.15) is 31.7 Å². The number of hydrogen-bond donors (Lipinski definition) is 1. The molecule has 0 saturated heterocycles. The predicted molar refractivity (Wildman–Crippen MR) is 92.1 cm³/mol. The van der Waals surface area contributed by atoms with E-state index in [1.165, 1.54) is 11.4 Å². The van der Waals surface area contributed by atoms with E-state index in [0.717, 1.165) is 31.2 Å². The molecule has 0 aliphatic heterocycles. The number of nitrogens with zero attached hydrogens (tertiary/aromatic N) is 3. The lowest BCUT2D eigenvalue weighted by atomic mass is 10.2. The van der Waals surface area contributed by atoms with Gasteiger partial charge in [0.1, 0.15) is 10.6 Å². The van der Waals surface area contributed by atoms with E-state index in [9.17, 15) is 8.42 Å². The number of aliphatic hydroxyl groups excluding tert-OH is 1. The number of aromatic nitrogens is 2. The Kier molecular flexibility index (Phi) is 5.03. The molecule has 2 aromatic rings. The van der Waals surface area contributed by atoms with Crippen LogP contribution in [0.5, 0.6) is 0 Å². The van der Waals surface area contributed by atoms with Gasteiger partial charge in [0.25, 0.3) is 0 Å². The molecular weight excluding hydrogens is 326 g/mol. The van der Waals surface area contributed by atoms with E-state index in [1.807, 2.05) is 35.0 Å². The maximum absolute atomic E-state index is 12.9. The number of benzene rings is 1. The van der Waals surface area contributed by atoms with Crippen molar-refractivity contribution in [3.63, 3.8) is 0 Å². The zero-order chi connectivity index (χ0) is 17.2. The molecule has 0 radical (unpaired) electrons. The quantitative estimate of drug-likeness (QED) is 0.868.